The molecular formula is C6H8F2N4O2. The number of halogens is 2. The Bertz CT molecular complexity index is 333. The van der Waals surface area contributed by atoms with Crippen molar-refractivity contribution in [2.45, 2.75) is 25.8 Å². The lowest BCUT2D eigenvalue weighted by atomic mass is 10.3. The molecule has 78 valence electrons. The summed E-state index contributed by atoms with van der Waals surface area (Å²) in [6.07, 6.45) is -0.502. The van der Waals surface area contributed by atoms with Crippen LogP contribution in [0.5, 0.6) is 0 Å². The standard InChI is InChI=1S/C6H8F2N4O2/c1-6(7,8)2-3-12-4(5(13)14)9-10-11-12/h2-3H2,1H3,(H,13,14). The van der Waals surface area contributed by atoms with Gasteiger partial charge in [-0.05, 0) is 17.4 Å². The van der Waals surface area contributed by atoms with Crippen molar-refractivity contribution in [2.75, 3.05) is 0 Å². The highest BCUT2D eigenvalue weighted by atomic mass is 19.3. The molecule has 0 fully saturated rings. The van der Waals surface area contributed by atoms with Gasteiger partial charge in [-0.25, -0.2) is 18.3 Å². The molecule has 0 aliphatic carbocycles. The quantitative estimate of drug-likeness (QED) is 0.771. The maximum atomic E-state index is 12.4. The first-order valence-corrected chi connectivity index (χ1v) is 3.77. The van der Waals surface area contributed by atoms with Crippen LogP contribution in [0, 0.1) is 0 Å². The molecule has 0 spiro atoms. The highest BCUT2D eigenvalue weighted by Gasteiger charge is 2.23. The molecular weight excluding hydrogens is 198 g/mol. The normalized spacial score (nSPS) is 11.6. The smallest absolute Gasteiger partial charge is 0.375 e. The summed E-state index contributed by atoms with van der Waals surface area (Å²) in [6, 6.07) is 0. The van der Waals surface area contributed by atoms with Gasteiger partial charge in [-0.1, -0.05) is 0 Å². The van der Waals surface area contributed by atoms with Crippen LogP contribution in [0.2, 0.25) is 0 Å². The molecule has 0 bridgehead atoms. The summed E-state index contributed by atoms with van der Waals surface area (Å²) < 4.78 is 25.7. The number of aryl methyl sites for hydroxylation is 1. The fourth-order valence-electron chi connectivity index (χ4n) is 0.811. The van der Waals surface area contributed by atoms with Gasteiger partial charge >= 0.3 is 5.97 Å². The van der Waals surface area contributed by atoms with E-state index in [1.165, 1.54) is 0 Å². The van der Waals surface area contributed by atoms with E-state index in [0.29, 0.717) is 0 Å². The number of aromatic nitrogens is 4. The number of carboxylic acids is 1. The molecule has 0 unspecified atom stereocenters. The van der Waals surface area contributed by atoms with E-state index in [9.17, 15) is 13.6 Å². The van der Waals surface area contributed by atoms with E-state index >= 15 is 0 Å². The maximum absolute atomic E-state index is 12.4. The minimum absolute atomic E-state index is 0.224. The molecule has 0 saturated carbocycles. The molecule has 0 saturated heterocycles. The van der Waals surface area contributed by atoms with Crippen LogP contribution in [-0.2, 0) is 6.54 Å². The van der Waals surface area contributed by atoms with Gasteiger partial charge in [0.1, 0.15) is 0 Å². The molecule has 1 rings (SSSR count). The van der Waals surface area contributed by atoms with E-state index < -0.39 is 24.1 Å². The lowest BCUT2D eigenvalue weighted by Gasteiger charge is -2.08. The molecule has 0 aliphatic heterocycles. The minimum atomic E-state index is -2.86. The van der Waals surface area contributed by atoms with Gasteiger partial charge in [-0.3, -0.25) is 0 Å². The van der Waals surface area contributed by atoms with Crippen molar-refractivity contribution in [3.63, 3.8) is 0 Å². The van der Waals surface area contributed by atoms with Crippen molar-refractivity contribution < 1.29 is 18.7 Å². The van der Waals surface area contributed by atoms with Crippen LogP contribution in [0.25, 0.3) is 0 Å². The van der Waals surface area contributed by atoms with Crippen molar-refractivity contribution >= 4 is 5.97 Å². The van der Waals surface area contributed by atoms with E-state index in [0.717, 1.165) is 11.6 Å². The van der Waals surface area contributed by atoms with E-state index in [4.69, 9.17) is 5.11 Å². The third-order valence-corrected chi connectivity index (χ3v) is 1.49. The van der Waals surface area contributed by atoms with Crippen molar-refractivity contribution in [1.29, 1.82) is 0 Å². The molecule has 1 aromatic rings. The van der Waals surface area contributed by atoms with Crippen molar-refractivity contribution in [3.05, 3.63) is 5.82 Å². The van der Waals surface area contributed by atoms with Gasteiger partial charge in [0.25, 0.3) is 5.82 Å². The maximum Gasteiger partial charge on any atom is 0.375 e. The number of tetrazole rings is 1. The third kappa shape index (κ3) is 2.71. The number of carboxylic acid groups (broad SMARTS) is 1. The molecule has 0 amide bonds. The summed E-state index contributed by atoms with van der Waals surface area (Å²) in [5, 5.41) is 18.1. The highest BCUT2D eigenvalue weighted by molar-refractivity contribution is 5.82. The SMILES string of the molecule is CC(F)(F)CCn1nnnc1C(=O)O. The number of hydrogen-bond acceptors (Lipinski definition) is 4. The zero-order chi connectivity index (χ0) is 10.8. The van der Waals surface area contributed by atoms with Gasteiger partial charge in [0, 0.05) is 6.42 Å². The Hall–Kier alpha value is -1.60. The van der Waals surface area contributed by atoms with Crippen LogP contribution in [0.15, 0.2) is 0 Å². The predicted octanol–water partition coefficient (Wildman–Crippen LogP) is 0.417. The van der Waals surface area contributed by atoms with Crippen LogP contribution in [-0.4, -0.2) is 37.2 Å². The fraction of sp³-hybridized carbons (Fsp3) is 0.667. The third-order valence-electron chi connectivity index (χ3n) is 1.49. The Morgan fingerprint density at radius 1 is 1.64 bits per heavy atom. The molecule has 0 aliphatic rings. The average Bonchev–Trinajstić information content (AvgIpc) is 2.46. The Morgan fingerprint density at radius 2 is 2.29 bits per heavy atom. The zero-order valence-electron chi connectivity index (χ0n) is 7.31. The van der Waals surface area contributed by atoms with Crippen molar-refractivity contribution in [3.8, 4) is 0 Å². The van der Waals surface area contributed by atoms with Gasteiger partial charge in [0.05, 0.1) is 6.54 Å². The Labute approximate surface area is 77.5 Å². The first kappa shape index (κ1) is 10.5. The number of rotatable bonds is 4. The number of alkyl halides is 2. The first-order chi connectivity index (χ1) is 6.40. The monoisotopic (exact) mass is 206 g/mol. The molecule has 1 heterocycles. The van der Waals surface area contributed by atoms with Crippen molar-refractivity contribution in [1.82, 2.24) is 20.2 Å². The Morgan fingerprint density at radius 3 is 2.79 bits per heavy atom. The lowest BCUT2D eigenvalue weighted by molar-refractivity contribution is 0.00714. The summed E-state index contributed by atoms with van der Waals surface area (Å²) in [7, 11) is 0. The zero-order valence-corrected chi connectivity index (χ0v) is 7.31. The van der Waals surface area contributed by atoms with Crippen LogP contribution in [0.3, 0.4) is 0 Å². The second-order valence-electron chi connectivity index (χ2n) is 2.85. The molecule has 8 heteroatoms. The number of aromatic carboxylic acids is 1. The van der Waals surface area contributed by atoms with Gasteiger partial charge in [-0.2, -0.15) is 0 Å². The highest BCUT2D eigenvalue weighted by Crippen LogP contribution is 2.17. The van der Waals surface area contributed by atoms with E-state index in [1.54, 1.807) is 0 Å². The lowest BCUT2D eigenvalue weighted by Crippen LogP contribution is -2.18. The molecule has 14 heavy (non-hydrogen) atoms. The molecule has 0 radical (unpaired) electrons. The Kier molecular flexibility index (Phi) is 2.73. The Balaban J connectivity index is 2.68. The van der Waals surface area contributed by atoms with Crippen LogP contribution >= 0.6 is 0 Å². The van der Waals surface area contributed by atoms with Gasteiger partial charge in [0.2, 0.25) is 5.92 Å². The topological polar surface area (TPSA) is 80.9 Å². The van der Waals surface area contributed by atoms with E-state index in [2.05, 4.69) is 15.5 Å². The minimum Gasteiger partial charge on any atom is -0.475 e. The first-order valence-electron chi connectivity index (χ1n) is 3.77. The summed E-state index contributed by atoms with van der Waals surface area (Å²) in [5.74, 6) is -4.63. The molecule has 6 nitrogen and oxygen atoms in total. The number of carbonyl (C=O) groups is 1. The number of hydrogen-bond donors (Lipinski definition) is 1. The second kappa shape index (κ2) is 3.64. The average molecular weight is 206 g/mol. The van der Waals surface area contributed by atoms with E-state index in [-0.39, 0.29) is 6.54 Å². The summed E-state index contributed by atoms with van der Waals surface area (Å²) >= 11 is 0. The molecule has 1 N–H and O–H groups in total. The van der Waals surface area contributed by atoms with E-state index in [1.807, 2.05) is 0 Å². The molecule has 0 aromatic carbocycles. The predicted molar refractivity (Wildman–Crippen MR) is 40.0 cm³/mol. The van der Waals surface area contributed by atoms with Gasteiger partial charge < -0.3 is 5.11 Å². The largest absolute Gasteiger partial charge is 0.475 e. The van der Waals surface area contributed by atoms with Crippen LogP contribution in [0.4, 0.5) is 8.78 Å². The summed E-state index contributed by atoms with van der Waals surface area (Å²) in [6.45, 7) is 0.524. The van der Waals surface area contributed by atoms with Crippen molar-refractivity contribution in [2.24, 2.45) is 0 Å². The van der Waals surface area contributed by atoms with Gasteiger partial charge in [-0.15, -0.1) is 5.10 Å². The summed E-state index contributed by atoms with van der Waals surface area (Å²) in [4.78, 5) is 10.5. The fourth-order valence-corrected chi connectivity index (χ4v) is 0.811. The van der Waals surface area contributed by atoms with Crippen LogP contribution in [0.1, 0.15) is 24.0 Å². The summed E-state index contributed by atoms with van der Waals surface area (Å²) in [5.41, 5.74) is 0. The second-order valence-corrected chi connectivity index (χ2v) is 2.85. The molecule has 0 atom stereocenters. The molecule has 1 aromatic heterocycles. The van der Waals surface area contributed by atoms with Crippen LogP contribution < -0.4 is 0 Å². The number of nitrogens with zero attached hydrogens (tertiary/aromatic N) is 4. The van der Waals surface area contributed by atoms with Gasteiger partial charge in [0.15, 0.2) is 0 Å².